The van der Waals surface area contributed by atoms with E-state index in [1.807, 2.05) is 12.1 Å². The zero-order chi connectivity index (χ0) is 12.3. The van der Waals surface area contributed by atoms with Crippen molar-refractivity contribution in [2.75, 3.05) is 6.54 Å². The molecule has 0 bridgehead atoms. The van der Waals surface area contributed by atoms with Crippen LogP contribution in [0.25, 0.3) is 0 Å². The summed E-state index contributed by atoms with van der Waals surface area (Å²) in [4.78, 5) is 0. The average molecular weight is 256 g/mol. The van der Waals surface area contributed by atoms with Gasteiger partial charge >= 0.3 is 0 Å². The molecule has 1 aliphatic carbocycles. The summed E-state index contributed by atoms with van der Waals surface area (Å²) in [7, 11) is 0. The molecule has 0 amide bonds. The predicted octanol–water partition coefficient (Wildman–Crippen LogP) is 4.41. The fourth-order valence-electron chi connectivity index (χ4n) is 3.00. The lowest BCUT2D eigenvalue weighted by Crippen LogP contribution is -2.30. The van der Waals surface area contributed by atoms with Crippen LogP contribution in [0.4, 0.5) is 0 Å². The number of hydrogen-bond donors (Lipinski definition) is 1. The van der Waals surface area contributed by atoms with Crippen molar-refractivity contribution >= 4 is 11.6 Å². The molecule has 0 radical (unpaired) electrons. The van der Waals surface area contributed by atoms with Crippen LogP contribution >= 0.6 is 11.6 Å². The maximum Gasteiger partial charge on any atom is 0.193 e. The second-order valence-electron chi connectivity index (χ2n) is 5.21. The van der Waals surface area contributed by atoms with Crippen molar-refractivity contribution in [1.29, 1.82) is 0 Å². The summed E-state index contributed by atoms with van der Waals surface area (Å²) in [6.45, 7) is 5.46. The van der Waals surface area contributed by atoms with Crippen molar-refractivity contribution in [3.63, 3.8) is 0 Å². The molecule has 1 heterocycles. The van der Waals surface area contributed by atoms with Crippen molar-refractivity contribution in [3.8, 4) is 0 Å². The van der Waals surface area contributed by atoms with Gasteiger partial charge in [-0.3, -0.25) is 0 Å². The second kappa shape index (κ2) is 5.92. The van der Waals surface area contributed by atoms with E-state index in [2.05, 4.69) is 19.2 Å². The summed E-state index contributed by atoms with van der Waals surface area (Å²) in [5.74, 6) is 2.51. The third-order valence-electron chi connectivity index (χ3n) is 3.77. The minimum absolute atomic E-state index is 0.329. The predicted molar refractivity (Wildman–Crippen MR) is 71.3 cm³/mol. The van der Waals surface area contributed by atoms with Gasteiger partial charge in [0.25, 0.3) is 0 Å². The van der Waals surface area contributed by atoms with E-state index in [9.17, 15) is 0 Å². The molecule has 3 atom stereocenters. The largest absolute Gasteiger partial charge is 0.448 e. The Morgan fingerprint density at radius 3 is 2.88 bits per heavy atom. The molecule has 3 unspecified atom stereocenters. The molecular weight excluding hydrogens is 234 g/mol. The van der Waals surface area contributed by atoms with E-state index in [1.54, 1.807) is 0 Å². The van der Waals surface area contributed by atoms with Crippen LogP contribution in [-0.4, -0.2) is 6.54 Å². The van der Waals surface area contributed by atoms with Gasteiger partial charge < -0.3 is 9.73 Å². The van der Waals surface area contributed by atoms with Gasteiger partial charge in [0, 0.05) is 0 Å². The van der Waals surface area contributed by atoms with Gasteiger partial charge in [0.05, 0.1) is 6.04 Å². The smallest absolute Gasteiger partial charge is 0.193 e. The molecular formula is C14H22ClNO. The molecule has 17 heavy (non-hydrogen) atoms. The highest BCUT2D eigenvalue weighted by atomic mass is 35.5. The zero-order valence-electron chi connectivity index (χ0n) is 10.7. The topological polar surface area (TPSA) is 25.2 Å². The molecule has 1 aromatic heterocycles. The third kappa shape index (κ3) is 3.26. The summed E-state index contributed by atoms with van der Waals surface area (Å²) in [5.41, 5.74) is 0. The van der Waals surface area contributed by atoms with Crippen LogP contribution < -0.4 is 5.32 Å². The maximum absolute atomic E-state index is 5.88. The van der Waals surface area contributed by atoms with Gasteiger partial charge in [0.1, 0.15) is 5.76 Å². The lowest BCUT2D eigenvalue weighted by molar-refractivity contribution is 0.207. The fraction of sp³-hybridized carbons (Fsp3) is 0.714. The molecule has 2 rings (SSSR count). The van der Waals surface area contributed by atoms with E-state index in [1.165, 1.54) is 25.7 Å². The van der Waals surface area contributed by atoms with Crippen molar-refractivity contribution in [3.05, 3.63) is 23.1 Å². The van der Waals surface area contributed by atoms with Crippen LogP contribution in [0.5, 0.6) is 0 Å². The summed E-state index contributed by atoms with van der Waals surface area (Å²) in [6, 6.07) is 4.18. The molecule has 1 N–H and O–H groups in total. The van der Waals surface area contributed by atoms with Gasteiger partial charge in [0.2, 0.25) is 0 Å². The first-order valence-corrected chi connectivity index (χ1v) is 7.07. The summed E-state index contributed by atoms with van der Waals surface area (Å²) in [5, 5.41) is 4.04. The molecule has 1 saturated carbocycles. The highest BCUT2D eigenvalue weighted by molar-refractivity contribution is 6.28. The molecule has 0 saturated heterocycles. The first-order valence-electron chi connectivity index (χ1n) is 6.69. The van der Waals surface area contributed by atoms with Crippen LogP contribution in [0.15, 0.2) is 16.5 Å². The molecule has 3 heteroatoms. The van der Waals surface area contributed by atoms with Gasteiger partial charge in [-0.1, -0.05) is 26.7 Å². The highest BCUT2D eigenvalue weighted by Gasteiger charge is 2.29. The van der Waals surface area contributed by atoms with Crippen molar-refractivity contribution in [1.82, 2.24) is 5.32 Å². The Hall–Kier alpha value is -0.470. The zero-order valence-corrected chi connectivity index (χ0v) is 11.5. The minimum atomic E-state index is 0.329. The number of halogens is 1. The van der Waals surface area contributed by atoms with Gasteiger partial charge in [-0.25, -0.2) is 0 Å². The number of furan rings is 1. The standard InChI is InChI=1S/C14H22ClNO/c1-3-16-14(12-7-8-13(15)17-12)11-6-4-5-10(2)9-11/h7-8,10-11,14,16H,3-6,9H2,1-2H3. The normalized spacial score (nSPS) is 27.0. The van der Waals surface area contributed by atoms with E-state index >= 15 is 0 Å². The molecule has 0 aromatic carbocycles. The molecule has 96 valence electrons. The Morgan fingerprint density at radius 2 is 2.29 bits per heavy atom. The number of hydrogen-bond acceptors (Lipinski definition) is 2. The molecule has 1 aliphatic rings. The first kappa shape index (κ1) is 13.0. The van der Waals surface area contributed by atoms with Crippen LogP contribution in [0.2, 0.25) is 5.22 Å². The van der Waals surface area contributed by atoms with E-state index in [0.717, 1.165) is 18.2 Å². The Bertz CT molecular complexity index is 350. The first-order chi connectivity index (χ1) is 8.20. The van der Waals surface area contributed by atoms with Gasteiger partial charge in [0.15, 0.2) is 5.22 Å². The van der Waals surface area contributed by atoms with Gasteiger partial charge in [-0.05, 0) is 55.0 Å². The lowest BCUT2D eigenvalue weighted by Gasteiger charge is -2.32. The van der Waals surface area contributed by atoms with Crippen LogP contribution in [0.3, 0.4) is 0 Å². The summed E-state index contributed by atoms with van der Waals surface area (Å²) < 4.78 is 5.59. The van der Waals surface area contributed by atoms with Crippen molar-refractivity contribution in [2.24, 2.45) is 11.8 Å². The molecule has 1 aromatic rings. The third-order valence-corrected chi connectivity index (χ3v) is 3.98. The molecule has 2 nitrogen and oxygen atoms in total. The Morgan fingerprint density at radius 1 is 1.47 bits per heavy atom. The Labute approximate surface area is 109 Å². The molecule has 1 fully saturated rings. The monoisotopic (exact) mass is 255 g/mol. The Balaban J connectivity index is 2.10. The average Bonchev–Trinajstić information content (AvgIpc) is 2.72. The van der Waals surface area contributed by atoms with E-state index < -0.39 is 0 Å². The fourth-order valence-corrected chi connectivity index (χ4v) is 3.15. The second-order valence-corrected chi connectivity index (χ2v) is 5.58. The number of rotatable bonds is 4. The van der Waals surface area contributed by atoms with E-state index in [0.29, 0.717) is 17.2 Å². The molecule has 0 spiro atoms. The highest BCUT2D eigenvalue weighted by Crippen LogP contribution is 2.37. The van der Waals surface area contributed by atoms with Crippen LogP contribution in [0.1, 0.15) is 51.3 Å². The van der Waals surface area contributed by atoms with Crippen LogP contribution in [0, 0.1) is 11.8 Å². The lowest BCUT2D eigenvalue weighted by atomic mass is 9.78. The van der Waals surface area contributed by atoms with Gasteiger partial charge in [-0.2, -0.15) is 0 Å². The summed E-state index contributed by atoms with van der Waals surface area (Å²) >= 11 is 5.88. The Kier molecular flexibility index (Phi) is 4.52. The van der Waals surface area contributed by atoms with Crippen molar-refractivity contribution < 1.29 is 4.42 Å². The van der Waals surface area contributed by atoms with Gasteiger partial charge in [-0.15, -0.1) is 0 Å². The number of nitrogens with one attached hydrogen (secondary N) is 1. The van der Waals surface area contributed by atoms with E-state index in [4.69, 9.17) is 16.0 Å². The summed E-state index contributed by atoms with van der Waals surface area (Å²) in [6.07, 6.45) is 5.28. The van der Waals surface area contributed by atoms with Crippen molar-refractivity contribution in [2.45, 2.75) is 45.6 Å². The SMILES string of the molecule is CCNC(c1ccc(Cl)o1)C1CCCC(C)C1. The maximum atomic E-state index is 5.88. The van der Waals surface area contributed by atoms with Crippen LogP contribution in [-0.2, 0) is 0 Å². The van der Waals surface area contributed by atoms with E-state index in [-0.39, 0.29) is 0 Å². The minimum Gasteiger partial charge on any atom is -0.448 e. The molecule has 0 aliphatic heterocycles. The quantitative estimate of drug-likeness (QED) is 0.862.